The highest BCUT2D eigenvalue weighted by Crippen LogP contribution is 2.39. The van der Waals surface area contributed by atoms with Gasteiger partial charge in [0, 0.05) is 12.8 Å². The van der Waals surface area contributed by atoms with Gasteiger partial charge in [-0.3, -0.25) is 0 Å². The van der Waals surface area contributed by atoms with E-state index in [1.807, 2.05) is 0 Å². The van der Waals surface area contributed by atoms with E-state index in [1.165, 1.54) is 0 Å². The predicted octanol–water partition coefficient (Wildman–Crippen LogP) is -1.46. The van der Waals surface area contributed by atoms with Crippen molar-refractivity contribution in [2.45, 2.75) is 62.3 Å². The number of esters is 1. The van der Waals surface area contributed by atoms with Crippen LogP contribution in [-0.4, -0.2) is 68.3 Å². The van der Waals surface area contributed by atoms with E-state index in [-0.39, 0.29) is 5.76 Å². The van der Waals surface area contributed by atoms with Crippen molar-refractivity contribution in [3.05, 3.63) is 11.8 Å². The number of ether oxygens (including phenoxy) is 2. The minimum Gasteiger partial charge on any atom is -0.445 e. The van der Waals surface area contributed by atoms with E-state index in [0.717, 1.165) is 25.3 Å². The maximum Gasteiger partial charge on any atom is 0.376 e. The van der Waals surface area contributed by atoms with Gasteiger partial charge in [0.1, 0.15) is 24.4 Å². The van der Waals surface area contributed by atoms with Crippen molar-refractivity contribution in [3.8, 4) is 0 Å². The van der Waals surface area contributed by atoms with E-state index in [0.29, 0.717) is 12.8 Å². The van der Waals surface area contributed by atoms with Crippen molar-refractivity contribution in [2.75, 3.05) is 6.61 Å². The van der Waals surface area contributed by atoms with E-state index in [4.69, 9.17) is 14.6 Å². The fourth-order valence-electron chi connectivity index (χ4n) is 2.67. The summed E-state index contributed by atoms with van der Waals surface area (Å²) in [4.78, 5) is 11.8. The zero-order valence-electron chi connectivity index (χ0n) is 12.1. The Hall–Kier alpha value is -1.19. The average molecular weight is 318 g/mol. The molecule has 5 N–H and O–H groups in total. The minimum absolute atomic E-state index is 0.223. The summed E-state index contributed by atoms with van der Waals surface area (Å²) in [5.74, 6) is -1.95. The highest BCUT2D eigenvalue weighted by molar-refractivity contribution is 5.88. The molecule has 8 nitrogen and oxygen atoms in total. The second-order valence-corrected chi connectivity index (χ2v) is 5.72. The van der Waals surface area contributed by atoms with E-state index < -0.39 is 42.8 Å². The molecule has 1 aliphatic carbocycles. The molecule has 22 heavy (non-hydrogen) atoms. The number of carbonyl (C=O) groups excluding carboxylic acids is 1. The SMILES string of the molecule is O=C1OC2(CCCCC2)O/C1=C\[C@@H](O)[C@@H](O)[C@H](O)[C@H](O)CO. The van der Waals surface area contributed by atoms with Crippen LogP contribution in [0.2, 0.25) is 0 Å². The Bertz CT molecular complexity index is 429. The van der Waals surface area contributed by atoms with Gasteiger partial charge in [-0.25, -0.2) is 4.79 Å². The molecular formula is C14H22O8. The molecule has 1 spiro atoms. The first-order chi connectivity index (χ1) is 10.4. The fourth-order valence-corrected chi connectivity index (χ4v) is 2.67. The van der Waals surface area contributed by atoms with Gasteiger partial charge in [0.15, 0.2) is 0 Å². The zero-order chi connectivity index (χ0) is 16.3. The molecule has 0 amide bonds. The third-order valence-corrected chi connectivity index (χ3v) is 3.99. The molecule has 1 saturated carbocycles. The van der Waals surface area contributed by atoms with E-state index in [2.05, 4.69) is 0 Å². The Morgan fingerprint density at radius 2 is 1.68 bits per heavy atom. The van der Waals surface area contributed by atoms with Crippen LogP contribution in [0.25, 0.3) is 0 Å². The van der Waals surface area contributed by atoms with Crippen LogP contribution in [0.15, 0.2) is 11.8 Å². The van der Waals surface area contributed by atoms with Gasteiger partial charge in [-0.05, 0) is 18.9 Å². The molecule has 0 unspecified atom stereocenters. The zero-order valence-corrected chi connectivity index (χ0v) is 12.1. The normalized spacial score (nSPS) is 28.0. The summed E-state index contributed by atoms with van der Waals surface area (Å²) in [6.45, 7) is -0.775. The third kappa shape index (κ3) is 3.58. The monoisotopic (exact) mass is 318 g/mol. The first kappa shape index (κ1) is 17.2. The average Bonchev–Trinajstić information content (AvgIpc) is 2.80. The number of rotatable bonds is 5. The lowest BCUT2D eigenvalue weighted by molar-refractivity contribution is -0.182. The molecule has 2 aliphatic rings. The molecule has 0 aromatic carbocycles. The maximum atomic E-state index is 11.8. The van der Waals surface area contributed by atoms with Gasteiger partial charge in [0.05, 0.1) is 6.61 Å². The van der Waals surface area contributed by atoms with E-state index in [9.17, 15) is 25.2 Å². The van der Waals surface area contributed by atoms with Crippen LogP contribution in [0.4, 0.5) is 0 Å². The number of hydrogen-bond acceptors (Lipinski definition) is 8. The summed E-state index contributed by atoms with van der Waals surface area (Å²) in [5.41, 5.74) is 0. The van der Waals surface area contributed by atoms with Crippen molar-refractivity contribution in [3.63, 3.8) is 0 Å². The van der Waals surface area contributed by atoms with Crippen LogP contribution in [0.3, 0.4) is 0 Å². The van der Waals surface area contributed by atoms with Gasteiger partial charge < -0.3 is 35.0 Å². The van der Waals surface area contributed by atoms with E-state index in [1.54, 1.807) is 0 Å². The second kappa shape index (κ2) is 6.93. The first-order valence-corrected chi connectivity index (χ1v) is 7.36. The van der Waals surface area contributed by atoms with Gasteiger partial charge in [0.25, 0.3) is 5.79 Å². The molecule has 0 aromatic heterocycles. The van der Waals surface area contributed by atoms with Crippen molar-refractivity contribution in [2.24, 2.45) is 0 Å². The number of aliphatic hydroxyl groups excluding tert-OH is 5. The summed E-state index contributed by atoms with van der Waals surface area (Å²) in [5, 5.41) is 47.0. The highest BCUT2D eigenvalue weighted by Gasteiger charge is 2.46. The van der Waals surface area contributed by atoms with E-state index >= 15 is 0 Å². The van der Waals surface area contributed by atoms with Crippen LogP contribution in [0.5, 0.6) is 0 Å². The molecule has 0 bridgehead atoms. The Balaban J connectivity index is 2.03. The molecule has 0 aromatic rings. The summed E-state index contributed by atoms with van der Waals surface area (Å²) in [7, 11) is 0. The minimum atomic E-state index is -1.78. The van der Waals surface area contributed by atoms with Crippen LogP contribution in [-0.2, 0) is 14.3 Å². The van der Waals surface area contributed by atoms with Crippen molar-refractivity contribution >= 4 is 5.97 Å². The number of aliphatic hydroxyl groups is 5. The molecule has 2 rings (SSSR count). The molecule has 1 saturated heterocycles. The van der Waals surface area contributed by atoms with Gasteiger partial charge in [-0.2, -0.15) is 0 Å². The molecule has 126 valence electrons. The van der Waals surface area contributed by atoms with Crippen molar-refractivity contribution in [1.29, 1.82) is 0 Å². The lowest BCUT2D eigenvalue weighted by atomic mass is 9.94. The fraction of sp³-hybridized carbons (Fsp3) is 0.786. The lowest BCUT2D eigenvalue weighted by Crippen LogP contribution is -2.45. The molecule has 8 heteroatoms. The van der Waals surface area contributed by atoms with Gasteiger partial charge in [0.2, 0.25) is 5.76 Å². The first-order valence-electron chi connectivity index (χ1n) is 7.36. The smallest absolute Gasteiger partial charge is 0.376 e. The quantitative estimate of drug-likeness (QED) is 0.306. The molecule has 1 aliphatic heterocycles. The standard InChI is InChI=1S/C14H22O8/c15-7-9(17)12(19)11(18)8(16)6-10-13(20)22-14(21-10)4-2-1-3-5-14/h6,8-9,11-12,15-19H,1-5,7H2/b10-6-/t8-,9-,11-,12-/m1/s1. The Labute approximate surface area is 127 Å². The predicted molar refractivity (Wildman–Crippen MR) is 72.2 cm³/mol. The van der Waals surface area contributed by atoms with Gasteiger partial charge >= 0.3 is 5.97 Å². The number of carbonyl (C=O) groups is 1. The Morgan fingerprint density at radius 1 is 1.05 bits per heavy atom. The van der Waals surface area contributed by atoms with Crippen molar-refractivity contribution < 1.29 is 39.8 Å². The molecule has 2 fully saturated rings. The maximum absolute atomic E-state index is 11.8. The second-order valence-electron chi connectivity index (χ2n) is 5.72. The molecular weight excluding hydrogens is 296 g/mol. The summed E-state index contributed by atoms with van der Waals surface area (Å²) in [6.07, 6.45) is -1.95. The van der Waals surface area contributed by atoms with Crippen LogP contribution < -0.4 is 0 Å². The van der Waals surface area contributed by atoms with Crippen LogP contribution >= 0.6 is 0 Å². The summed E-state index contributed by atoms with van der Waals surface area (Å²) in [6, 6.07) is 0. The highest BCUT2D eigenvalue weighted by atomic mass is 16.8. The topological polar surface area (TPSA) is 137 Å². The summed E-state index contributed by atoms with van der Waals surface area (Å²) < 4.78 is 10.8. The third-order valence-electron chi connectivity index (χ3n) is 3.99. The summed E-state index contributed by atoms with van der Waals surface area (Å²) >= 11 is 0. The van der Waals surface area contributed by atoms with Gasteiger partial charge in [-0.1, -0.05) is 6.42 Å². The van der Waals surface area contributed by atoms with Crippen LogP contribution in [0.1, 0.15) is 32.1 Å². The molecule has 1 heterocycles. The van der Waals surface area contributed by atoms with Gasteiger partial charge in [-0.15, -0.1) is 0 Å². The molecule has 0 radical (unpaired) electrons. The molecule has 4 atom stereocenters. The van der Waals surface area contributed by atoms with Crippen LogP contribution in [0, 0.1) is 0 Å². The lowest BCUT2D eigenvalue weighted by Gasteiger charge is -2.29. The Morgan fingerprint density at radius 3 is 2.27 bits per heavy atom. The van der Waals surface area contributed by atoms with Crippen molar-refractivity contribution in [1.82, 2.24) is 0 Å². The Kier molecular flexibility index (Phi) is 5.41. The largest absolute Gasteiger partial charge is 0.445 e. The number of hydrogen-bond donors (Lipinski definition) is 5.